The molecule has 0 radical (unpaired) electrons. The molecule has 1 spiro atoms. The molecule has 1 fully saturated rings. The Bertz CT molecular complexity index is 882. The number of nitrogens with zero attached hydrogens (tertiary/aromatic N) is 2. The maximum absolute atomic E-state index is 13.0. The first kappa shape index (κ1) is 14.5. The molecule has 1 heterocycles. The summed E-state index contributed by atoms with van der Waals surface area (Å²) in [6.45, 7) is 0.209. The second kappa shape index (κ2) is 5.20. The van der Waals surface area contributed by atoms with Gasteiger partial charge in [-0.25, -0.2) is 4.79 Å². The lowest BCUT2D eigenvalue weighted by Crippen LogP contribution is -2.41. The van der Waals surface area contributed by atoms with Gasteiger partial charge in [0.25, 0.3) is 5.91 Å². The number of carbonyl (C=O) groups is 2. The molecule has 5 heteroatoms. The first-order valence-electron chi connectivity index (χ1n) is 7.85. The molecule has 1 N–H and O–H groups in total. The van der Waals surface area contributed by atoms with E-state index >= 15 is 0 Å². The van der Waals surface area contributed by atoms with Crippen LogP contribution in [0.4, 0.5) is 4.79 Å². The number of hydrogen-bond donors (Lipinski definition) is 1. The van der Waals surface area contributed by atoms with Crippen molar-refractivity contribution in [1.29, 1.82) is 5.26 Å². The molecule has 2 aromatic carbocycles. The second-order valence-corrected chi connectivity index (χ2v) is 6.19. The predicted molar refractivity (Wildman–Crippen MR) is 86.7 cm³/mol. The number of urea groups is 1. The Hall–Kier alpha value is -3.13. The molecule has 1 aliphatic heterocycles. The van der Waals surface area contributed by atoms with Gasteiger partial charge in [-0.2, -0.15) is 5.26 Å². The van der Waals surface area contributed by atoms with Crippen molar-refractivity contribution in [1.82, 2.24) is 10.2 Å². The van der Waals surface area contributed by atoms with Crippen molar-refractivity contribution in [2.24, 2.45) is 0 Å². The highest BCUT2D eigenvalue weighted by Gasteiger charge is 2.55. The van der Waals surface area contributed by atoms with Gasteiger partial charge in [0.1, 0.15) is 5.54 Å². The van der Waals surface area contributed by atoms with Gasteiger partial charge in [0.2, 0.25) is 0 Å². The molecule has 0 unspecified atom stereocenters. The molecule has 0 aromatic heterocycles. The Kier molecular flexibility index (Phi) is 3.14. The number of aryl methyl sites for hydroxylation is 1. The minimum atomic E-state index is -0.916. The zero-order valence-corrected chi connectivity index (χ0v) is 13.0. The molecule has 5 nitrogen and oxygen atoms in total. The van der Waals surface area contributed by atoms with E-state index in [0.29, 0.717) is 12.0 Å². The van der Waals surface area contributed by atoms with E-state index in [1.165, 1.54) is 4.90 Å². The van der Waals surface area contributed by atoms with E-state index in [0.717, 1.165) is 23.1 Å². The van der Waals surface area contributed by atoms with Crippen LogP contribution in [0.3, 0.4) is 0 Å². The van der Waals surface area contributed by atoms with Gasteiger partial charge in [0, 0.05) is 0 Å². The van der Waals surface area contributed by atoms with Crippen molar-refractivity contribution in [3.05, 3.63) is 70.8 Å². The van der Waals surface area contributed by atoms with E-state index in [2.05, 4.69) is 11.4 Å². The molecule has 3 amide bonds. The molecule has 0 saturated carbocycles. The largest absolute Gasteiger partial charge is 0.325 e. The van der Waals surface area contributed by atoms with Crippen molar-refractivity contribution < 1.29 is 9.59 Å². The van der Waals surface area contributed by atoms with Crippen molar-refractivity contribution >= 4 is 11.9 Å². The van der Waals surface area contributed by atoms with Crippen LogP contribution in [-0.4, -0.2) is 16.8 Å². The molecule has 1 saturated heterocycles. The summed E-state index contributed by atoms with van der Waals surface area (Å²) in [5.41, 5.74) is 2.48. The van der Waals surface area contributed by atoms with E-state index in [9.17, 15) is 9.59 Å². The van der Waals surface area contributed by atoms with E-state index < -0.39 is 5.54 Å². The van der Waals surface area contributed by atoms with E-state index in [-0.39, 0.29) is 18.5 Å². The Balaban J connectivity index is 1.64. The Morgan fingerprint density at radius 3 is 2.62 bits per heavy atom. The van der Waals surface area contributed by atoms with Gasteiger partial charge in [-0.15, -0.1) is 0 Å². The first-order valence-corrected chi connectivity index (χ1v) is 7.85. The van der Waals surface area contributed by atoms with Gasteiger partial charge in [0.05, 0.1) is 18.2 Å². The summed E-state index contributed by atoms with van der Waals surface area (Å²) in [4.78, 5) is 26.7. The van der Waals surface area contributed by atoms with Gasteiger partial charge in [-0.3, -0.25) is 9.69 Å². The van der Waals surface area contributed by atoms with Crippen molar-refractivity contribution in [2.75, 3.05) is 0 Å². The lowest BCUT2D eigenvalue weighted by Gasteiger charge is -2.22. The highest BCUT2D eigenvalue weighted by atomic mass is 16.2. The fraction of sp³-hybridized carbons (Fsp3) is 0.211. The van der Waals surface area contributed by atoms with Crippen LogP contribution in [0.25, 0.3) is 0 Å². The predicted octanol–water partition coefficient (Wildman–Crippen LogP) is 2.45. The van der Waals surface area contributed by atoms with Crippen LogP contribution in [-0.2, 0) is 23.3 Å². The van der Waals surface area contributed by atoms with Crippen molar-refractivity contribution in [3.63, 3.8) is 0 Å². The SMILES string of the molecule is N#Cc1ccc(CN2C(=O)N[C@]3(CCc4ccccc43)C2=O)cc1. The fourth-order valence-corrected chi connectivity index (χ4v) is 3.60. The van der Waals surface area contributed by atoms with E-state index in [1.807, 2.05) is 24.3 Å². The van der Waals surface area contributed by atoms with E-state index in [1.54, 1.807) is 24.3 Å². The third kappa shape index (κ3) is 2.00. The number of imide groups is 1. The number of carbonyl (C=O) groups excluding carboxylic acids is 2. The molecule has 2 aromatic rings. The van der Waals surface area contributed by atoms with Gasteiger partial charge < -0.3 is 5.32 Å². The molecule has 118 valence electrons. The Morgan fingerprint density at radius 1 is 1.12 bits per heavy atom. The molecule has 2 aliphatic rings. The van der Waals surface area contributed by atoms with E-state index in [4.69, 9.17) is 5.26 Å². The number of benzene rings is 2. The molecule has 24 heavy (non-hydrogen) atoms. The summed E-state index contributed by atoms with van der Waals surface area (Å²) >= 11 is 0. The summed E-state index contributed by atoms with van der Waals surface area (Å²) in [5, 5.41) is 11.8. The quantitative estimate of drug-likeness (QED) is 0.865. The maximum atomic E-state index is 13.0. The van der Waals surface area contributed by atoms with Crippen LogP contribution < -0.4 is 5.32 Å². The number of nitriles is 1. The average Bonchev–Trinajstić information content (AvgIpc) is 3.10. The molecular formula is C19H15N3O2. The first-order chi connectivity index (χ1) is 11.6. The monoisotopic (exact) mass is 317 g/mol. The third-order valence-corrected chi connectivity index (χ3v) is 4.85. The standard InChI is InChI=1S/C19H15N3O2/c20-11-13-5-7-14(8-6-13)12-22-17(23)19(21-18(22)24)10-9-15-3-1-2-4-16(15)19/h1-8H,9-10,12H2,(H,21,24)/t19-/m0/s1. The van der Waals surface area contributed by atoms with Crippen LogP contribution >= 0.6 is 0 Å². The van der Waals surface area contributed by atoms with Crippen molar-refractivity contribution in [2.45, 2.75) is 24.9 Å². The lowest BCUT2D eigenvalue weighted by atomic mass is 9.92. The van der Waals surface area contributed by atoms with Crippen molar-refractivity contribution in [3.8, 4) is 6.07 Å². The van der Waals surface area contributed by atoms with Crippen LogP contribution in [0.1, 0.15) is 28.7 Å². The average molecular weight is 317 g/mol. The Labute approximate surface area is 139 Å². The molecule has 1 atom stereocenters. The van der Waals surface area contributed by atoms with Gasteiger partial charge in [-0.1, -0.05) is 36.4 Å². The number of rotatable bonds is 2. The molecular weight excluding hydrogens is 302 g/mol. The topological polar surface area (TPSA) is 73.2 Å². The number of nitrogens with one attached hydrogen (secondary N) is 1. The van der Waals surface area contributed by atoms with Gasteiger partial charge in [0.15, 0.2) is 0 Å². The van der Waals surface area contributed by atoms with Crippen LogP contribution in [0.2, 0.25) is 0 Å². The maximum Gasteiger partial charge on any atom is 0.325 e. The number of fused-ring (bicyclic) bond motifs is 2. The van der Waals surface area contributed by atoms with Gasteiger partial charge in [-0.05, 0) is 41.7 Å². The number of amides is 3. The van der Waals surface area contributed by atoms with Crippen LogP contribution in [0, 0.1) is 11.3 Å². The zero-order valence-electron chi connectivity index (χ0n) is 13.0. The summed E-state index contributed by atoms with van der Waals surface area (Å²) in [7, 11) is 0. The zero-order chi connectivity index (χ0) is 16.7. The molecule has 4 rings (SSSR count). The second-order valence-electron chi connectivity index (χ2n) is 6.19. The summed E-state index contributed by atoms with van der Waals surface area (Å²) in [6.07, 6.45) is 1.38. The summed E-state index contributed by atoms with van der Waals surface area (Å²) in [6, 6.07) is 16.4. The summed E-state index contributed by atoms with van der Waals surface area (Å²) in [5.74, 6) is -0.193. The number of hydrogen-bond acceptors (Lipinski definition) is 3. The molecule has 1 aliphatic carbocycles. The minimum absolute atomic E-state index is 0.193. The third-order valence-electron chi connectivity index (χ3n) is 4.85. The van der Waals surface area contributed by atoms with Crippen LogP contribution in [0.5, 0.6) is 0 Å². The summed E-state index contributed by atoms with van der Waals surface area (Å²) < 4.78 is 0. The Morgan fingerprint density at radius 2 is 1.88 bits per heavy atom. The fourth-order valence-electron chi connectivity index (χ4n) is 3.60. The molecule has 0 bridgehead atoms. The smallest absolute Gasteiger partial charge is 0.319 e. The minimum Gasteiger partial charge on any atom is -0.319 e. The normalized spacial score (nSPS) is 21.7. The highest BCUT2D eigenvalue weighted by Crippen LogP contribution is 2.41. The van der Waals surface area contributed by atoms with Crippen LogP contribution in [0.15, 0.2) is 48.5 Å². The lowest BCUT2D eigenvalue weighted by molar-refractivity contribution is -0.132. The highest BCUT2D eigenvalue weighted by molar-refractivity contribution is 6.08. The van der Waals surface area contributed by atoms with Gasteiger partial charge >= 0.3 is 6.03 Å².